The molecule has 1 aliphatic heterocycles. The SMILES string of the molecule is Cl.Cl.c1ccc2nc(N3CCNCC3)cnc2c1. The largest absolute Gasteiger partial charge is 0.353 e. The quantitative estimate of drug-likeness (QED) is 0.869. The number of aromatic nitrogens is 2. The lowest BCUT2D eigenvalue weighted by Crippen LogP contribution is -2.43. The van der Waals surface area contributed by atoms with Crippen molar-refractivity contribution in [2.75, 3.05) is 31.1 Å². The van der Waals surface area contributed by atoms with Gasteiger partial charge in [0.15, 0.2) is 0 Å². The molecular weight excluding hydrogens is 271 g/mol. The van der Waals surface area contributed by atoms with E-state index in [1.165, 1.54) is 0 Å². The number of rotatable bonds is 1. The van der Waals surface area contributed by atoms with Gasteiger partial charge in [-0.15, -0.1) is 24.8 Å². The summed E-state index contributed by atoms with van der Waals surface area (Å²) in [7, 11) is 0. The van der Waals surface area contributed by atoms with Gasteiger partial charge in [-0.25, -0.2) is 4.98 Å². The van der Waals surface area contributed by atoms with Crippen LogP contribution in [0.15, 0.2) is 30.5 Å². The lowest BCUT2D eigenvalue weighted by Gasteiger charge is -2.28. The maximum atomic E-state index is 4.63. The Balaban J connectivity index is 0.000000810. The van der Waals surface area contributed by atoms with E-state index in [1.807, 2.05) is 30.5 Å². The van der Waals surface area contributed by atoms with Gasteiger partial charge in [-0.3, -0.25) is 4.98 Å². The molecule has 0 amide bonds. The maximum Gasteiger partial charge on any atom is 0.147 e. The van der Waals surface area contributed by atoms with Crippen LogP contribution in [0.1, 0.15) is 0 Å². The molecule has 1 aromatic carbocycles. The molecule has 1 N–H and O–H groups in total. The number of benzene rings is 1. The summed E-state index contributed by atoms with van der Waals surface area (Å²) >= 11 is 0. The van der Waals surface area contributed by atoms with Gasteiger partial charge in [0.2, 0.25) is 0 Å². The second-order valence-electron chi connectivity index (χ2n) is 3.95. The molecule has 0 aliphatic carbocycles. The summed E-state index contributed by atoms with van der Waals surface area (Å²) in [5.74, 6) is 0.986. The summed E-state index contributed by atoms with van der Waals surface area (Å²) in [6.07, 6.45) is 1.87. The molecular formula is C12H16Cl2N4. The Morgan fingerprint density at radius 1 is 1.00 bits per heavy atom. The van der Waals surface area contributed by atoms with E-state index in [0.717, 1.165) is 43.0 Å². The molecule has 1 fully saturated rings. The van der Waals surface area contributed by atoms with E-state index in [1.54, 1.807) is 0 Å². The molecule has 18 heavy (non-hydrogen) atoms. The molecule has 3 rings (SSSR count). The van der Waals surface area contributed by atoms with Gasteiger partial charge in [-0.2, -0.15) is 0 Å². The van der Waals surface area contributed by atoms with Crippen molar-refractivity contribution >= 4 is 41.7 Å². The summed E-state index contributed by atoms with van der Waals surface area (Å²) in [6.45, 7) is 4.06. The molecule has 1 aliphatic rings. The Kier molecular flexibility index (Phi) is 5.59. The third-order valence-corrected chi connectivity index (χ3v) is 2.88. The van der Waals surface area contributed by atoms with E-state index in [4.69, 9.17) is 0 Å². The molecule has 0 radical (unpaired) electrons. The lowest BCUT2D eigenvalue weighted by atomic mass is 10.3. The second-order valence-corrected chi connectivity index (χ2v) is 3.95. The topological polar surface area (TPSA) is 41.1 Å². The highest BCUT2D eigenvalue weighted by Gasteiger charge is 2.12. The number of halogens is 2. The van der Waals surface area contributed by atoms with Crippen molar-refractivity contribution in [1.82, 2.24) is 15.3 Å². The second kappa shape index (κ2) is 6.73. The Morgan fingerprint density at radius 3 is 2.39 bits per heavy atom. The highest BCUT2D eigenvalue weighted by atomic mass is 35.5. The van der Waals surface area contributed by atoms with E-state index in [-0.39, 0.29) is 24.8 Å². The summed E-state index contributed by atoms with van der Waals surface area (Å²) in [5, 5.41) is 3.33. The standard InChI is InChI=1S/C12H14N4.2ClH/c1-2-4-11-10(3-1)14-9-12(15-11)16-7-5-13-6-8-16;;/h1-4,9,13H,5-8H2;2*1H. The first-order valence-electron chi connectivity index (χ1n) is 5.61. The summed E-state index contributed by atoms with van der Waals surface area (Å²) < 4.78 is 0. The molecule has 1 saturated heterocycles. The number of hydrogen-bond donors (Lipinski definition) is 1. The van der Waals surface area contributed by atoms with Crippen LogP contribution in [-0.4, -0.2) is 36.1 Å². The molecule has 4 nitrogen and oxygen atoms in total. The van der Waals surface area contributed by atoms with Gasteiger partial charge in [0.25, 0.3) is 0 Å². The van der Waals surface area contributed by atoms with Gasteiger partial charge in [0, 0.05) is 26.2 Å². The first-order chi connectivity index (χ1) is 7.93. The zero-order valence-electron chi connectivity index (χ0n) is 9.87. The van der Waals surface area contributed by atoms with E-state index < -0.39 is 0 Å². The normalized spacial score (nSPS) is 14.8. The third-order valence-electron chi connectivity index (χ3n) is 2.88. The fourth-order valence-corrected chi connectivity index (χ4v) is 1.99. The number of piperazine rings is 1. The van der Waals surface area contributed by atoms with Gasteiger partial charge in [0.1, 0.15) is 5.82 Å². The van der Waals surface area contributed by atoms with Crippen LogP contribution in [0.4, 0.5) is 5.82 Å². The van der Waals surface area contributed by atoms with Crippen LogP contribution >= 0.6 is 24.8 Å². The average molecular weight is 287 g/mol. The molecule has 98 valence electrons. The van der Waals surface area contributed by atoms with E-state index in [9.17, 15) is 0 Å². The molecule has 0 unspecified atom stereocenters. The van der Waals surface area contributed by atoms with Crippen molar-refractivity contribution in [2.24, 2.45) is 0 Å². The van der Waals surface area contributed by atoms with Gasteiger partial charge >= 0.3 is 0 Å². The fourth-order valence-electron chi connectivity index (χ4n) is 1.99. The maximum absolute atomic E-state index is 4.63. The zero-order valence-corrected chi connectivity index (χ0v) is 11.5. The zero-order chi connectivity index (χ0) is 10.8. The van der Waals surface area contributed by atoms with Crippen LogP contribution < -0.4 is 10.2 Å². The van der Waals surface area contributed by atoms with Crippen molar-refractivity contribution in [3.8, 4) is 0 Å². The number of para-hydroxylation sites is 2. The molecule has 0 saturated carbocycles. The first kappa shape index (κ1) is 15.0. The molecule has 2 aromatic rings. The molecule has 0 spiro atoms. The summed E-state index contributed by atoms with van der Waals surface area (Å²) in [6, 6.07) is 7.98. The van der Waals surface area contributed by atoms with Crippen molar-refractivity contribution in [3.05, 3.63) is 30.5 Å². The summed E-state index contributed by atoms with van der Waals surface area (Å²) in [4.78, 5) is 11.3. The van der Waals surface area contributed by atoms with Gasteiger partial charge in [-0.1, -0.05) is 12.1 Å². The molecule has 0 atom stereocenters. The molecule has 0 bridgehead atoms. The minimum atomic E-state index is 0. The molecule has 2 heterocycles. The van der Waals surface area contributed by atoms with Crippen molar-refractivity contribution < 1.29 is 0 Å². The number of anilines is 1. The fraction of sp³-hybridized carbons (Fsp3) is 0.333. The van der Waals surface area contributed by atoms with E-state index >= 15 is 0 Å². The lowest BCUT2D eigenvalue weighted by molar-refractivity contribution is 0.585. The Hall–Kier alpha value is -1.10. The Bertz CT molecular complexity index is 500. The van der Waals surface area contributed by atoms with Crippen LogP contribution in [0.3, 0.4) is 0 Å². The van der Waals surface area contributed by atoms with Crippen LogP contribution in [0.2, 0.25) is 0 Å². The Labute approximate surface area is 119 Å². The van der Waals surface area contributed by atoms with E-state index in [0.29, 0.717) is 0 Å². The van der Waals surface area contributed by atoms with Gasteiger partial charge in [-0.05, 0) is 12.1 Å². The third kappa shape index (κ3) is 3.02. The van der Waals surface area contributed by atoms with Crippen LogP contribution in [-0.2, 0) is 0 Å². The Morgan fingerprint density at radius 2 is 1.67 bits per heavy atom. The number of nitrogens with one attached hydrogen (secondary N) is 1. The number of hydrogen-bond acceptors (Lipinski definition) is 4. The monoisotopic (exact) mass is 286 g/mol. The first-order valence-corrected chi connectivity index (χ1v) is 5.61. The highest BCUT2D eigenvalue weighted by molar-refractivity contribution is 5.85. The smallest absolute Gasteiger partial charge is 0.147 e. The highest BCUT2D eigenvalue weighted by Crippen LogP contribution is 2.15. The molecule has 6 heteroatoms. The minimum absolute atomic E-state index is 0. The van der Waals surface area contributed by atoms with E-state index in [2.05, 4.69) is 20.2 Å². The van der Waals surface area contributed by atoms with Gasteiger partial charge in [0.05, 0.1) is 17.2 Å². The van der Waals surface area contributed by atoms with Crippen molar-refractivity contribution in [3.63, 3.8) is 0 Å². The number of fused-ring (bicyclic) bond motifs is 1. The predicted molar refractivity (Wildman–Crippen MR) is 79.1 cm³/mol. The number of nitrogens with zero attached hydrogens (tertiary/aromatic N) is 3. The van der Waals surface area contributed by atoms with Crippen LogP contribution in [0.5, 0.6) is 0 Å². The van der Waals surface area contributed by atoms with Gasteiger partial charge < -0.3 is 10.2 Å². The van der Waals surface area contributed by atoms with Crippen LogP contribution in [0, 0.1) is 0 Å². The average Bonchev–Trinajstić information content (AvgIpc) is 2.39. The summed E-state index contributed by atoms with van der Waals surface area (Å²) in [5.41, 5.74) is 1.93. The van der Waals surface area contributed by atoms with Crippen molar-refractivity contribution in [1.29, 1.82) is 0 Å². The van der Waals surface area contributed by atoms with Crippen LogP contribution in [0.25, 0.3) is 11.0 Å². The van der Waals surface area contributed by atoms with Crippen molar-refractivity contribution in [2.45, 2.75) is 0 Å². The molecule has 1 aromatic heterocycles. The minimum Gasteiger partial charge on any atom is -0.353 e. The predicted octanol–water partition coefficient (Wildman–Crippen LogP) is 1.88.